The number of benzene rings is 2. The molecular weight excluding hydrogens is 390 g/mol. The van der Waals surface area contributed by atoms with Crippen molar-refractivity contribution in [3.63, 3.8) is 0 Å². The molecule has 0 saturated carbocycles. The molecule has 1 N–H and O–H groups in total. The topological polar surface area (TPSA) is 100 Å². The highest BCUT2D eigenvalue weighted by molar-refractivity contribution is 6.00. The molecule has 3 rings (SSSR count). The first-order valence-corrected chi connectivity index (χ1v) is 9.48. The summed E-state index contributed by atoms with van der Waals surface area (Å²) in [6.07, 6.45) is 0. The van der Waals surface area contributed by atoms with Crippen LogP contribution >= 0.6 is 0 Å². The molecule has 8 heteroatoms. The normalized spacial score (nSPS) is 12.3. The van der Waals surface area contributed by atoms with Crippen LogP contribution in [0.2, 0.25) is 0 Å². The Morgan fingerprint density at radius 3 is 2.40 bits per heavy atom. The van der Waals surface area contributed by atoms with Gasteiger partial charge in [0.25, 0.3) is 0 Å². The van der Waals surface area contributed by atoms with Crippen LogP contribution in [-0.2, 0) is 9.53 Å². The molecule has 1 aliphatic heterocycles. The Morgan fingerprint density at radius 2 is 1.73 bits per heavy atom. The minimum atomic E-state index is -0.681. The summed E-state index contributed by atoms with van der Waals surface area (Å²) in [4.78, 5) is 36.5. The number of carbonyl (C=O) groups excluding carboxylic acids is 3. The Labute approximate surface area is 174 Å². The van der Waals surface area contributed by atoms with Crippen molar-refractivity contribution in [2.24, 2.45) is 5.92 Å². The van der Waals surface area contributed by atoms with Crippen LogP contribution in [0.25, 0.3) is 0 Å². The average Bonchev–Trinajstić information content (AvgIpc) is 2.76. The number of fused-ring (bicyclic) bond motifs is 1. The molecule has 2 aromatic carbocycles. The van der Waals surface area contributed by atoms with Gasteiger partial charge in [-0.1, -0.05) is 13.8 Å². The highest BCUT2D eigenvalue weighted by atomic mass is 16.6. The predicted octanol–water partition coefficient (Wildman–Crippen LogP) is 3.10. The zero-order valence-corrected chi connectivity index (χ0v) is 17.0. The van der Waals surface area contributed by atoms with Gasteiger partial charge in [0.05, 0.1) is 12.7 Å². The van der Waals surface area contributed by atoms with Gasteiger partial charge >= 0.3 is 5.97 Å². The molecule has 0 radical (unpaired) electrons. The van der Waals surface area contributed by atoms with Crippen LogP contribution in [0.3, 0.4) is 0 Å². The lowest BCUT2D eigenvalue weighted by Gasteiger charge is -2.21. The molecule has 0 atom stereocenters. The highest BCUT2D eigenvalue weighted by Crippen LogP contribution is 2.40. The van der Waals surface area contributed by atoms with E-state index in [9.17, 15) is 14.4 Å². The standard InChI is InChI=1S/C22H23NO7/c1-13(2)21(25)23-16-6-4-14(5-7-16)17(24)12-30-22(26)15-10-18(27-3)20-19(11-15)28-8-9-29-20/h4-7,10-11,13H,8-9,12H2,1-3H3,(H,23,25). The van der Waals surface area contributed by atoms with Crippen LogP contribution in [-0.4, -0.2) is 44.6 Å². The first-order chi connectivity index (χ1) is 14.4. The molecule has 2 aromatic rings. The van der Waals surface area contributed by atoms with Gasteiger partial charge in [0, 0.05) is 17.2 Å². The minimum absolute atomic E-state index is 0.113. The van der Waals surface area contributed by atoms with E-state index in [0.29, 0.717) is 41.7 Å². The summed E-state index contributed by atoms with van der Waals surface area (Å²) in [6.45, 7) is 3.91. The third-order valence-electron chi connectivity index (χ3n) is 4.40. The summed E-state index contributed by atoms with van der Waals surface area (Å²) in [6, 6.07) is 9.36. The van der Waals surface area contributed by atoms with Gasteiger partial charge in [-0.2, -0.15) is 0 Å². The molecule has 0 bridgehead atoms. The average molecular weight is 413 g/mol. The van der Waals surface area contributed by atoms with E-state index < -0.39 is 12.6 Å². The van der Waals surface area contributed by atoms with E-state index in [2.05, 4.69) is 5.32 Å². The summed E-state index contributed by atoms with van der Waals surface area (Å²) in [7, 11) is 1.46. The fourth-order valence-electron chi connectivity index (χ4n) is 2.71. The second-order valence-electron chi connectivity index (χ2n) is 6.92. The first kappa shape index (κ1) is 21.2. The van der Waals surface area contributed by atoms with Gasteiger partial charge in [-0.3, -0.25) is 9.59 Å². The maximum atomic E-state index is 12.4. The molecule has 30 heavy (non-hydrogen) atoms. The van der Waals surface area contributed by atoms with Gasteiger partial charge in [0.15, 0.2) is 23.9 Å². The number of Topliss-reactive ketones (excluding diaryl/α,β-unsaturated/α-hetero) is 1. The SMILES string of the molecule is COc1cc(C(=O)OCC(=O)c2ccc(NC(=O)C(C)C)cc2)cc2c1OCCO2. The number of ether oxygens (including phenoxy) is 4. The second kappa shape index (κ2) is 9.30. The van der Waals surface area contributed by atoms with Gasteiger partial charge in [0.2, 0.25) is 11.7 Å². The van der Waals surface area contributed by atoms with Gasteiger partial charge < -0.3 is 24.3 Å². The van der Waals surface area contributed by atoms with Crippen LogP contribution in [0.5, 0.6) is 17.2 Å². The zero-order valence-electron chi connectivity index (χ0n) is 17.0. The van der Waals surface area contributed by atoms with Gasteiger partial charge in [-0.05, 0) is 36.4 Å². The molecule has 8 nitrogen and oxygen atoms in total. The van der Waals surface area contributed by atoms with Gasteiger partial charge in [-0.15, -0.1) is 0 Å². The van der Waals surface area contributed by atoms with E-state index in [1.165, 1.54) is 19.2 Å². The number of amides is 1. The van der Waals surface area contributed by atoms with E-state index in [4.69, 9.17) is 18.9 Å². The van der Waals surface area contributed by atoms with E-state index in [-0.39, 0.29) is 23.2 Å². The van der Waals surface area contributed by atoms with Crippen molar-refractivity contribution in [3.8, 4) is 17.2 Å². The number of rotatable bonds is 7. The van der Waals surface area contributed by atoms with Crippen molar-refractivity contribution in [3.05, 3.63) is 47.5 Å². The lowest BCUT2D eigenvalue weighted by atomic mass is 10.1. The lowest BCUT2D eigenvalue weighted by molar-refractivity contribution is -0.118. The van der Waals surface area contributed by atoms with E-state index >= 15 is 0 Å². The molecular formula is C22H23NO7. The van der Waals surface area contributed by atoms with Crippen LogP contribution in [0.15, 0.2) is 36.4 Å². The van der Waals surface area contributed by atoms with Crippen LogP contribution in [0.4, 0.5) is 5.69 Å². The maximum Gasteiger partial charge on any atom is 0.338 e. The number of hydrogen-bond acceptors (Lipinski definition) is 7. The largest absolute Gasteiger partial charge is 0.493 e. The third kappa shape index (κ3) is 4.89. The van der Waals surface area contributed by atoms with E-state index in [0.717, 1.165) is 0 Å². The molecule has 0 aromatic heterocycles. The molecule has 0 spiro atoms. The van der Waals surface area contributed by atoms with Crippen molar-refractivity contribution < 1.29 is 33.3 Å². The van der Waals surface area contributed by atoms with Crippen LogP contribution < -0.4 is 19.5 Å². The van der Waals surface area contributed by atoms with Crippen molar-refractivity contribution in [1.82, 2.24) is 0 Å². The predicted molar refractivity (Wildman–Crippen MR) is 109 cm³/mol. The Hall–Kier alpha value is -3.55. The fourth-order valence-corrected chi connectivity index (χ4v) is 2.71. The van der Waals surface area contributed by atoms with Crippen LogP contribution in [0.1, 0.15) is 34.6 Å². The molecule has 0 unspecified atom stereocenters. The fraction of sp³-hybridized carbons (Fsp3) is 0.318. The summed E-state index contributed by atoms with van der Waals surface area (Å²) in [5, 5.41) is 2.75. The summed E-state index contributed by atoms with van der Waals surface area (Å²) < 4.78 is 21.4. The number of anilines is 1. The third-order valence-corrected chi connectivity index (χ3v) is 4.40. The Balaban J connectivity index is 1.62. The van der Waals surface area contributed by atoms with Gasteiger partial charge in [-0.25, -0.2) is 4.79 Å². The molecule has 0 saturated heterocycles. The zero-order chi connectivity index (χ0) is 21.7. The number of hydrogen-bond donors (Lipinski definition) is 1. The molecule has 0 fully saturated rings. The quantitative estimate of drug-likeness (QED) is 0.550. The maximum absolute atomic E-state index is 12.4. The number of ketones is 1. The first-order valence-electron chi connectivity index (χ1n) is 9.48. The van der Waals surface area contributed by atoms with Crippen molar-refractivity contribution >= 4 is 23.3 Å². The monoisotopic (exact) mass is 413 g/mol. The Morgan fingerprint density at radius 1 is 1.03 bits per heavy atom. The highest BCUT2D eigenvalue weighted by Gasteiger charge is 2.22. The van der Waals surface area contributed by atoms with Gasteiger partial charge in [0.1, 0.15) is 13.2 Å². The molecule has 1 amide bonds. The minimum Gasteiger partial charge on any atom is -0.493 e. The number of carbonyl (C=O) groups is 3. The van der Waals surface area contributed by atoms with E-state index in [1.54, 1.807) is 38.1 Å². The Kier molecular flexibility index (Phi) is 6.56. The lowest BCUT2D eigenvalue weighted by Crippen LogP contribution is -2.18. The summed E-state index contributed by atoms with van der Waals surface area (Å²) >= 11 is 0. The Bertz CT molecular complexity index is 933. The van der Waals surface area contributed by atoms with Crippen molar-refractivity contribution in [2.45, 2.75) is 13.8 Å². The van der Waals surface area contributed by atoms with Crippen molar-refractivity contribution in [1.29, 1.82) is 0 Å². The summed E-state index contributed by atoms with van der Waals surface area (Å²) in [5.41, 5.74) is 1.14. The second-order valence-corrected chi connectivity index (χ2v) is 6.92. The van der Waals surface area contributed by atoms with Crippen molar-refractivity contribution in [2.75, 3.05) is 32.2 Å². The number of nitrogens with one attached hydrogen (secondary N) is 1. The van der Waals surface area contributed by atoms with Crippen LogP contribution in [0, 0.1) is 5.92 Å². The summed E-state index contributed by atoms with van der Waals surface area (Å²) in [5.74, 6) is -0.139. The molecule has 1 heterocycles. The molecule has 0 aliphatic carbocycles. The molecule has 158 valence electrons. The smallest absolute Gasteiger partial charge is 0.338 e. The van der Waals surface area contributed by atoms with E-state index in [1.807, 2.05) is 0 Å². The number of esters is 1. The number of methoxy groups -OCH3 is 1. The molecule has 1 aliphatic rings.